The van der Waals surface area contributed by atoms with Gasteiger partial charge >= 0.3 is 0 Å². The first-order chi connectivity index (χ1) is 13.1. The van der Waals surface area contributed by atoms with Crippen molar-refractivity contribution in [3.05, 3.63) is 65.7 Å². The van der Waals surface area contributed by atoms with Crippen molar-refractivity contribution in [3.63, 3.8) is 0 Å². The molecule has 0 aromatic heterocycles. The minimum absolute atomic E-state index is 0.170. The van der Waals surface area contributed by atoms with E-state index in [4.69, 9.17) is 0 Å². The number of aliphatic hydroxyl groups excluding tert-OH is 1. The molecule has 8 nitrogen and oxygen atoms in total. The van der Waals surface area contributed by atoms with Gasteiger partial charge in [0, 0.05) is 24.3 Å². The summed E-state index contributed by atoms with van der Waals surface area (Å²) in [5.41, 5.74) is 1.53. The van der Waals surface area contributed by atoms with E-state index in [1.165, 1.54) is 24.3 Å². The van der Waals surface area contributed by atoms with Crippen LogP contribution in [0, 0.1) is 6.92 Å². The summed E-state index contributed by atoms with van der Waals surface area (Å²) >= 11 is 0. The predicted molar refractivity (Wildman–Crippen MR) is 103 cm³/mol. The molecular weight excluding hydrogens is 384 g/mol. The van der Waals surface area contributed by atoms with Gasteiger partial charge in [-0.2, -0.15) is 0 Å². The highest BCUT2D eigenvalue weighted by Gasteiger charge is 2.17. The Morgan fingerprint density at radius 2 is 1.54 bits per heavy atom. The van der Waals surface area contributed by atoms with Crippen LogP contribution in [0.25, 0.3) is 5.76 Å². The van der Waals surface area contributed by atoms with Gasteiger partial charge in [-0.25, -0.2) is 13.1 Å². The predicted octanol–water partition coefficient (Wildman–Crippen LogP) is 1.93. The highest BCUT2D eigenvalue weighted by molar-refractivity contribution is 7.90. The molecule has 2 amide bonds. The molecule has 0 saturated carbocycles. The number of anilines is 1. The fraction of sp³-hybridized carbons (Fsp3) is 0.105. The van der Waals surface area contributed by atoms with Crippen molar-refractivity contribution < 1.29 is 27.9 Å². The van der Waals surface area contributed by atoms with Crippen molar-refractivity contribution in [2.45, 2.75) is 18.7 Å². The fourth-order valence-electron chi connectivity index (χ4n) is 2.16. The van der Waals surface area contributed by atoms with E-state index in [-0.39, 0.29) is 16.3 Å². The summed E-state index contributed by atoms with van der Waals surface area (Å²) < 4.78 is 25.5. The van der Waals surface area contributed by atoms with Gasteiger partial charge in [-0.1, -0.05) is 29.8 Å². The summed E-state index contributed by atoms with van der Waals surface area (Å²) in [7, 11) is -3.99. The van der Waals surface area contributed by atoms with Crippen LogP contribution < -0.4 is 10.0 Å². The quantitative estimate of drug-likeness (QED) is 0.385. The lowest BCUT2D eigenvalue weighted by Crippen LogP contribution is -2.28. The topological polar surface area (TPSA) is 130 Å². The maximum absolute atomic E-state index is 12.0. The molecule has 0 heterocycles. The van der Waals surface area contributed by atoms with E-state index in [0.717, 1.165) is 18.6 Å². The molecule has 2 aromatic carbocycles. The number of hydrogen-bond donors (Lipinski definition) is 3. The van der Waals surface area contributed by atoms with E-state index in [2.05, 4.69) is 5.32 Å². The molecule has 0 aliphatic rings. The fourth-order valence-corrected chi connectivity index (χ4v) is 3.15. The smallest absolute Gasteiger partial charge is 0.296 e. The summed E-state index contributed by atoms with van der Waals surface area (Å²) in [6, 6.07) is 11.6. The molecule has 0 fully saturated rings. The number of sulfonamides is 1. The van der Waals surface area contributed by atoms with Gasteiger partial charge in [-0.15, -0.1) is 0 Å². The molecule has 0 radical (unpaired) electrons. The SMILES string of the molecule is CC(=O)NS(=O)(=O)c1ccc(NC(=O)C(=O)C=C(O)c2ccc(C)cc2)cc1. The number of aliphatic hydroxyl groups is 1. The van der Waals surface area contributed by atoms with E-state index in [1.807, 2.05) is 11.6 Å². The third-order valence-electron chi connectivity index (χ3n) is 3.54. The first-order valence-corrected chi connectivity index (χ1v) is 9.53. The average Bonchev–Trinajstić information content (AvgIpc) is 2.61. The molecule has 146 valence electrons. The molecule has 2 aromatic rings. The summed E-state index contributed by atoms with van der Waals surface area (Å²) in [5.74, 6) is -3.07. The van der Waals surface area contributed by atoms with Crippen LogP contribution in [0.3, 0.4) is 0 Å². The number of amides is 2. The lowest BCUT2D eigenvalue weighted by atomic mass is 10.1. The molecule has 0 atom stereocenters. The second-order valence-electron chi connectivity index (χ2n) is 5.90. The van der Waals surface area contributed by atoms with Gasteiger partial charge in [0.1, 0.15) is 5.76 Å². The van der Waals surface area contributed by atoms with E-state index in [9.17, 15) is 27.9 Å². The number of nitrogens with one attached hydrogen (secondary N) is 2. The normalized spacial score (nSPS) is 11.6. The van der Waals surface area contributed by atoms with Crippen LogP contribution >= 0.6 is 0 Å². The van der Waals surface area contributed by atoms with Gasteiger partial charge in [0.2, 0.25) is 11.7 Å². The third-order valence-corrected chi connectivity index (χ3v) is 4.99. The molecule has 0 saturated heterocycles. The van der Waals surface area contributed by atoms with E-state index in [1.54, 1.807) is 24.3 Å². The van der Waals surface area contributed by atoms with Crippen LogP contribution in [-0.2, 0) is 24.4 Å². The van der Waals surface area contributed by atoms with Crippen molar-refractivity contribution in [2.24, 2.45) is 0 Å². The average molecular weight is 402 g/mol. The maximum Gasteiger partial charge on any atom is 0.296 e. The highest BCUT2D eigenvalue weighted by Crippen LogP contribution is 2.15. The summed E-state index contributed by atoms with van der Waals surface area (Å²) in [6.07, 6.45) is 0.801. The zero-order chi connectivity index (χ0) is 20.9. The van der Waals surface area contributed by atoms with Gasteiger partial charge in [-0.05, 0) is 31.2 Å². The lowest BCUT2D eigenvalue weighted by molar-refractivity contribution is -0.131. The number of rotatable bonds is 6. The Bertz CT molecular complexity index is 1040. The Labute approximate surface area is 161 Å². The Balaban J connectivity index is 2.08. The third kappa shape index (κ3) is 5.52. The Kier molecular flexibility index (Phi) is 6.32. The van der Waals surface area contributed by atoms with Crippen molar-refractivity contribution in [2.75, 3.05) is 5.32 Å². The molecule has 28 heavy (non-hydrogen) atoms. The van der Waals surface area contributed by atoms with Crippen LogP contribution in [0.2, 0.25) is 0 Å². The highest BCUT2D eigenvalue weighted by atomic mass is 32.2. The minimum atomic E-state index is -3.99. The van der Waals surface area contributed by atoms with Crippen LogP contribution in [0.4, 0.5) is 5.69 Å². The monoisotopic (exact) mass is 402 g/mol. The van der Waals surface area contributed by atoms with Crippen molar-refractivity contribution in [3.8, 4) is 0 Å². The number of hydrogen-bond acceptors (Lipinski definition) is 6. The van der Waals surface area contributed by atoms with E-state index in [0.29, 0.717) is 5.56 Å². The first kappa shape index (κ1) is 20.8. The zero-order valence-corrected chi connectivity index (χ0v) is 15.9. The van der Waals surface area contributed by atoms with Crippen LogP contribution in [0.15, 0.2) is 59.5 Å². The van der Waals surface area contributed by atoms with E-state index < -0.39 is 27.6 Å². The van der Waals surface area contributed by atoms with Crippen molar-refractivity contribution in [1.29, 1.82) is 0 Å². The second kappa shape index (κ2) is 8.49. The summed E-state index contributed by atoms with van der Waals surface area (Å²) in [5, 5.41) is 12.3. The Hall–Kier alpha value is -3.46. The van der Waals surface area contributed by atoms with Crippen molar-refractivity contribution >= 4 is 39.1 Å². The van der Waals surface area contributed by atoms with Crippen molar-refractivity contribution in [1.82, 2.24) is 4.72 Å². The molecule has 0 aliphatic heterocycles. The summed E-state index contributed by atoms with van der Waals surface area (Å²) in [4.78, 5) is 34.7. The van der Waals surface area contributed by atoms with Gasteiger partial charge < -0.3 is 10.4 Å². The number of aryl methyl sites for hydroxylation is 1. The zero-order valence-electron chi connectivity index (χ0n) is 15.1. The molecule has 9 heteroatoms. The largest absolute Gasteiger partial charge is 0.507 e. The van der Waals surface area contributed by atoms with Crippen LogP contribution in [0.5, 0.6) is 0 Å². The minimum Gasteiger partial charge on any atom is -0.507 e. The van der Waals surface area contributed by atoms with Crippen LogP contribution in [0.1, 0.15) is 18.1 Å². The first-order valence-electron chi connectivity index (χ1n) is 8.05. The standard InChI is InChI=1S/C19H18N2O6S/c1-12-3-5-14(6-4-12)17(23)11-18(24)19(25)20-15-7-9-16(10-8-15)28(26,27)21-13(2)22/h3-11,23H,1-2H3,(H,20,25)(H,21,22). The molecule has 0 aliphatic carbocycles. The number of benzene rings is 2. The number of carbonyl (C=O) groups excluding carboxylic acids is 3. The van der Waals surface area contributed by atoms with Gasteiger partial charge in [0.25, 0.3) is 15.9 Å². The number of ketones is 1. The van der Waals surface area contributed by atoms with E-state index >= 15 is 0 Å². The Morgan fingerprint density at radius 1 is 0.964 bits per heavy atom. The van der Waals surface area contributed by atoms with Gasteiger partial charge in [0.05, 0.1) is 4.90 Å². The Morgan fingerprint density at radius 3 is 2.07 bits per heavy atom. The molecule has 0 unspecified atom stereocenters. The molecule has 2 rings (SSSR count). The lowest BCUT2D eigenvalue weighted by Gasteiger charge is -2.07. The molecule has 0 spiro atoms. The molecule has 0 bridgehead atoms. The van der Waals surface area contributed by atoms with Crippen LogP contribution in [-0.4, -0.2) is 31.1 Å². The number of carbonyl (C=O) groups is 3. The van der Waals surface area contributed by atoms with Gasteiger partial charge in [0.15, 0.2) is 0 Å². The second-order valence-corrected chi connectivity index (χ2v) is 7.58. The maximum atomic E-state index is 12.0. The summed E-state index contributed by atoms with van der Waals surface area (Å²) in [6.45, 7) is 2.94. The molecular formula is C19H18N2O6S. The van der Waals surface area contributed by atoms with Gasteiger partial charge in [-0.3, -0.25) is 14.4 Å². The molecule has 3 N–H and O–H groups in total.